The van der Waals surface area contributed by atoms with Crippen molar-refractivity contribution in [3.05, 3.63) is 35.4 Å². The first kappa shape index (κ1) is 14.5. The van der Waals surface area contributed by atoms with E-state index in [-0.39, 0.29) is 5.41 Å². The van der Waals surface area contributed by atoms with E-state index in [4.69, 9.17) is 0 Å². The molecule has 19 heavy (non-hydrogen) atoms. The molecule has 1 aromatic rings. The van der Waals surface area contributed by atoms with Gasteiger partial charge in [0, 0.05) is 6.04 Å². The van der Waals surface area contributed by atoms with Crippen LogP contribution >= 0.6 is 0 Å². The van der Waals surface area contributed by atoms with Crippen LogP contribution in [0.2, 0.25) is 0 Å². The largest absolute Gasteiger partial charge is 0.317 e. The molecule has 0 aliphatic carbocycles. The van der Waals surface area contributed by atoms with Crippen LogP contribution in [0.3, 0.4) is 0 Å². The summed E-state index contributed by atoms with van der Waals surface area (Å²) in [6, 6.07) is 9.70. The Labute approximate surface area is 118 Å². The number of rotatable bonds is 3. The molecule has 1 heterocycles. The van der Waals surface area contributed by atoms with Gasteiger partial charge in [-0.2, -0.15) is 0 Å². The Morgan fingerprint density at radius 2 is 1.68 bits per heavy atom. The van der Waals surface area contributed by atoms with E-state index >= 15 is 0 Å². The van der Waals surface area contributed by atoms with Crippen LogP contribution in [0.15, 0.2) is 24.3 Å². The normalized spacial score (nSPS) is 19.4. The lowest BCUT2D eigenvalue weighted by Gasteiger charge is -2.31. The third-order valence-electron chi connectivity index (χ3n) is 4.30. The molecular weight excluding hydrogens is 232 g/mol. The molecule has 1 unspecified atom stereocenters. The van der Waals surface area contributed by atoms with Crippen molar-refractivity contribution in [1.82, 2.24) is 10.6 Å². The van der Waals surface area contributed by atoms with Crippen molar-refractivity contribution in [1.29, 1.82) is 0 Å². The third-order valence-corrected chi connectivity index (χ3v) is 4.30. The summed E-state index contributed by atoms with van der Waals surface area (Å²) in [4.78, 5) is 0. The van der Waals surface area contributed by atoms with E-state index in [1.54, 1.807) is 0 Å². The molecular formula is C17H28N2. The van der Waals surface area contributed by atoms with E-state index in [0.29, 0.717) is 6.04 Å². The Morgan fingerprint density at radius 3 is 2.16 bits per heavy atom. The van der Waals surface area contributed by atoms with Crippen molar-refractivity contribution in [3.63, 3.8) is 0 Å². The van der Waals surface area contributed by atoms with Gasteiger partial charge in [0.25, 0.3) is 0 Å². The summed E-state index contributed by atoms with van der Waals surface area (Å²) < 4.78 is 0. The molecule has 0 saturated carbocycles. The highest BCUT2D eigenvalue weighted by Crippen LogP contribution is 2.30. The molecule has 0 bridgehead atoms. The van der Waals surface area contributed by atoms with Gasteiger partial charge in [-0.15, -0.1) is 0 Å². The van der Waals surface area contributed by atoms with Gasteiger partial charge < -0.3 is 10.6 Å². The molecule has 2 nitrogen and oxygen atoms in total. The lowest BCUT2D eigenvalue weighted by molar-refractivity contribution is 0.294. The number of hydrogen-bond donors (Lipinski definition) is 2. The smallest absolute Gasteiger partial charge is 0.0347 e. The lowest BCUT2D eigenvalue weighted by atomic mass is 9.83. The van der Waals surface area contributed by atoms with Crippen LogP contribution in [-0.2, 0) is 5.41 Å². The monoisotopic (exact) mass is 260 g/mol. The van der Waals surface area contributed by atoms with E-state index in [0.717, 1.165) is 19.0 Å². The molecule has 1 aliphatic rings. The van der Waals surface area contributed by atoms with Crippen molar-refractivity contribution < 1.29 is 0 Å². The Morgan fingerprint density at radius 1 is 1.11 bits per heavy atom. The molecule has 0 spiro atoms. The van der Waals surface area contributed by atoms with Crippen LogP contribution in [0, 0.1) is 5.92 Å². The van der Waals surface area contributed by atoms with E-state index in [1.165, 1.54) is 24.0 Å². The molecule has 1 atom stereocenters. The minimum atomic E-state index is 0.239. The Balaban J connectivity index is 2.14. The summed E-state index contributed by atoms with van der Waals surface area (Å²) in [5, 5.41) is 6.96. The molecule has 0 radical (unpaired) electrons. The maximum atomic E-state index is 3.52. The van der Waals surface area contributed by atoms with E-state index in [2.05, 4.69) is 62.7 Å². The first-order chi connectivity index (χ1) is 9.02. The number of nitrogens with one attached hydrogen (secondary N) is 2. The fourth-order valence-corrected chi connectivity index (χ4v) is 3.04. The van der Waals surface area contributed by atoms with Crippen LogP contribution in [0.5, 0.6) is 0 Å². The maximum Gasteiger partial charge on any atom is 0.0347 e. The molecule has 1 aliphatic heterocycles. The zero-order valence-electron chi connectivity index (χ0n) is 12.8. The van der Waals surface area contributed by atoms with Gasteiger partial charge >= 0.3 is 0 Å². The topological polar surface area (TPSA) is 24.1 Å². The summed E-state index contributed by atoms with van der Waals surface area (Å²) in [6.45, 7) is 9.12. The van der Waals surface area contributed by atoms with Gasteiger partial charge in [-0.1, -0.05) is 45.0 Å². The standard InChI is InChI=1S/C17H28N2/c1-17(2,3)15-7-5-13(6-8-15)16(18-4)14-9-11-19-12-10-14/h5-8,14,16,18-19H,9-12H2,1-4H3. The first-order valence-electron chi connectivity index (χ1n) is 7.51. The highest BCUT2D eigenvalue weighted by atomic mass is 14.9. The van der Waals surface area contributed by atoms with Crippen LogP contribution in [0.1, 0.15) is 50.8 Å². The Bertz CT molecular complexity index is 383. The average molecular weight is 260 g/mol. The van der Waals surface area contributed by atoms with Gasteiger partial charge in [-0.25, -0.2) is 0 Å². The highest BCUT2D eigenvalue weighted by Gasteiger charge is 2.24. The van der Waals surface area contributed by atoms with Crippen LogP contribution < -0.4 is 10.6 Å². The van der Waals surface area contributed by atoms with E-state index < -0.39 is 0 Å². The Kier molecular flexibility index (Phi) is 4.64. The second-order valence-electron chi connectivity index (χ2n) is 6.73. The minimum Gasteiger partial charge on any atom is -0.317 e. The fourth-order valence-electron chi connectivity index (χ4n) is 3.04. The SMILES string of the molecule is CNC(c1ccc(C(C)(C)C)cc1)C1CCNCC1. The zero-order valence-corrected chi connectivity index (χ0v) is 12.8. The third kappa shape index (κ3) is 3.58. The van der Waals surface area contributed by atoms with Gasteiger partial charge in [-0.3, -0.25) is 0 Å². The van der Waals surface area contributed by atoms with Crippen molar-refractivity contribution >= 4 is 0 Å². The molecule has 2 heteroatoms. The Hall–Kier alpha value is -0.860. The van der Waals surface area contributed by atoms with Crippen molar-refractivity contribution in [2.45, 2.75) is 45.1 Å². The highest BCUT2D eigenvalue weighted by molar-refractivity contribution is 5.29. The number of hydrogen-bond acceptors (Lipinski definition) is 2. The second-order valence-corrected chi connectivity index (χ2v) is 6.73. The van der Waals surface area contributed by atoms with Gasteiger partial charge in [-0.05, 0) is 55.4 Å². The second kappa shape index (κ2) is 6.06. The van der Waals surface area contributed by atoms with Gasteiger partial charge in [0.15, 0.2) is 0 Å². The van der Waals surface area contributed by atoms with E-state index in [1.807, 2.05) is 0 Å². The van der Waals surface area contributed by atoms with Crippen molar-refractivity contribution in [3.8, 4) is 0 Å². The summed E-state index contributed by atoms with van der Waals surface area (Å²) in [7, 11) is 2.09. The summed E-state index contributed by atoms with van der Waals surface area (Å²) >= 11 is 0. The fraction of sp³-hybridized carbons (Fsp3) is 0.647. The summed E-state index contributed by atoms with van der Waals surface area (Å²) in [6.07, 6.45) is 2.54. The number of benzene rings is 1. The molecule has 1 fully saturated rings. The number of piperidine rings is 1. The molecule has 2 N–H and O–H groups in total. The van der Waals surface area contributed by atoms with Crippen LogP contribution in [0.4, 0.5) is 0 Å². The zero-order chi connectivity index (χ0) is 13.9. The predicted octanol–water partition coefficient (Wildman–Crippen LogP) is 3.24. The summed E-state index contributed by atoms with van der Waals surface area (Å²) in [5.74, 6) is 0.756. The molecule has 2 rings (SSSR count). The lowest BCUT2D eigenvalue weighted by Crippen LogP contribution is -2.35. The van der Waals surface area contributed by atoms with E-state index in [9.17, 15) is 0 Å². The quantitative estimate of drug-likeness (QED) is 0.872. The molecule has 1 aromatic carbocycles. The minimum absolute atomic E-state index is 0.239. The molecule has 1 saturated heterocycles. The van der Waals surface area contributed by atoms with Crippen molar-refractivity contribution in [2.75, 3.05) is 20.1 Å². The molecule has 0 amide bonds. The van der Waals surface area contributed by atoms with Crippen molar-refractivity contribution in [2.24, 2.45) is 5.92 Å². The van der Waals surface area contributed by atoms with Gasteiger partial charge in [0.05, 0.1) is 0 Å². The van der Waals surface area contributed by atoms with Gasteiger partial charge in [0.2, 0.25) is 0 Å². The molecule has 0 aromatic heterocycles. The maximum absolute atomic E-state index is 3.52. The van der Waals surface area contributed by atoms with Gasteiger partial charge in [0.1, 0.15) is 0 Å². The predicted molar refractivity (Wildman–Crippen MR) is 82.5 cm³/mol. The van der Waals surface area contributed by atoms with Crippen LogP contribution in [-0.4, -0.2) is 20.1 Å². The van der Waals surface area contributed by atoms with Crippen LogP contribution in [0.25, 0.3) is 0 Å². The average Bonchev–Trinajstić information content (AvgIpc) is 2.40. The summed E-state index contributed by atoms with van der Waals surface area (Å²) in [5.41, 5.74) is 3.08. The molecule has 106 valence electrons. The first-order valence-corrected chi connectivity index (χ1v) is 7.51.